The summed E-state index contributed by atoms with van der Waals surface area (Å²) in [6.07, 6.45) is 2.33. The predicted molar refractivity (Wildman–Crippen MR) is 59.2 cm³/mol. The fraction of sp³-hybridized carbons (Fsp3) is 0.900. The highest BCUT2D eigenvalue weighted by molar-refractivity contribution is 7.99. The Labute approximate surface area is 89.9 Å². The minimum Gasteiger partial charge on any atom is -0.396 e. The molecule has 0 saturated heterocycles. The van der Waals surface area contributed by atoms with E-state index in [0.29, 0.717) is 5.92 Å². The fourth-order valence-electron chi connectivity index (χ4n) is 1.67. The summed E-state index contributed by atoms with van der Waals surface area (Å²) in [5.74, 6) is 2.04. The summed E-state index contributed by atoms with van der Waals surface area (Å²) < 4.78 is 0. The van der Waals surface area contributed by atoms with Crippen LogP contribution in [0.4, 0.5) is 0 Å². The Hall–Kier alpha value is -0.240. The van der Waals surface area contributed by atoms with Gasteiger partial charge in [0.25, 0.3) is 0 Å². The van der Waals surface area contributed by atoms with Crippen LogP contribution >= 0.6 is 11.8 Å². The first kappa shape index (κ1) is 11.8. The molecule has 1 aliphatic rings. The molecular formula is C10H18N2OS. The van der Waals surface area contributed by atoms with Crippen LogP contribution in [0.25, 0.3) is 0 Å². The van der Waals surface area contributed by atoms with Crippen molar-refractivity contribution in [2.75, 3.05) is 24.7 Å². The van der Waals surface area contributed by atoms with Gasteiger partial charge in [-0.3, -0.25) is 5.32 Å². The average Bonchev–Trinajstić information content (AvgIpc) is 3.00. The Morgan fingerprint density at radius 1 is 1.64 bits per heavy atom. The molecule has 0 radical (unpaired) electrons. The summed E-state index contributed by atoms with van der Waals surface area (Å²) in [5.41, 5.74) is -0.339. The molecule has 1 unspecified atom stereocenters. The first-order valence-corrected chi connectivity index (χ1v) is 6.29. The molecule has 3 nitrogen and oxygen atoms in total. The second-order valence-electron chi connectivity index (χ2n) is 3.66. The molecule has 1 aliphatic carbocycles. The van der Waals surface area contributed by atoms with E-state index in [2.05, 4.69) is 11.4 Å². The summed E-state index contributed by atoms with van der Waals surface area (Å²) in [7, 11) is 0. The lowest BCUT2D eigenvalue weighted by Crippen LogP contribution is -2.48. The number of nitrogens with zero attached hydrogens (tertiary/aromatic N) is 1. The zero-order valence-corrected chi connectivity index (χ0v) is 9.44. The van der Waals surface area contributed by atoms with Gasteiger partial charge in [-0.25, -0.2) is 0 Å². The van der Waals surface area contributed by atoms with Crippen molar-refractivity contribution in [3.8, 4) is 6.07 Å². The Kier molecular flexibility index (Phi) is 4.73. The van der Waals surface area contributed by atoms with Gasteiger partial charge in [0.2, 0.25) is 0 Å². The molecule has 0 amide bonds. The maximum Gasteiger partial charge on any atom is 0.118 e. The fourth-order valence-corrected chi connectivity index (χ4v) is 2.66. The van der Waals surface area contributed by atoms with Crippen LogP contribution in [0.3, 0.4) is 0 Å². The first-order chi connectivity index (χ1) is 6.79. The van der Waals surface area contributed by atoms with Crippen molar-refractivity contribution in [2.45, 2.75) is 25.3 Å². The van der Waals surface area contributed by atoms with E-state index in [4.69, 9.17) is 5.11 Å². The van der Waals surface area contributed by atoms with Gasteiger partial charge in [0.15, 0.2) is 0 Å². The normalized spacial score (nSPS) is 20.1. The smallest absolute Gasteiger partial charge is 0.118 e. The van der Waals surface area contributed by atoms with E-state index in [0.717, 1.165) is 18.1 Å². The number of rotatable bonds is 7. The minimum absolute atomic E-state index is 0.197. The third kappa shape index (κ3) is 2.88. The van der Waals surface area contributed by atoms with Crippen molar-refractivity contribution in [3.63, 3.8) is 0 Å². The van der Waals surface area contributed by atoms with E-state index < -0.39 is 0 Å². The number of thioether (sulfide) groups is 1. The van der Waals surface area contributed by atoms with E-state index in [1.807, 2.05) is 6.92 Å². The highest BCUT2D eigenvalue weighted by Gasteiger charge is 2.44. The molecule has 1 fully saturated rings. The van der Waals surface area contributed by atoms with Crippen LogP contribution in [0.1, 0.15) is 19.8 Å². The Balaban J connectivity index is 2.46. The molecule has 0 heterocycles. The van der Waals surface area contributed by atoms with Crippen molar-refractivity contribution < 1.29 is 5.11 Å². The zero-order chi connectivity index (χ0) is 10.4. The molecule has 0 bridgehead atoms. The number of hydrogen-bond acceptors (Lipinski definition) is 4. The molecule has 1 saturated carbocycles. The molecule has 0 aliphatic heterocycles. The Morgan fingerprint density at radius 3 is 2.79 bits per heavy atom. The van der Waals surface area contributed by atoms with Gasteiger partial charge in [0.1, 0.15) is 5.54 Å². The molecule has 14 heavy (non-hydrogen) atoms. The van der Waals surface area contributed by atoms with Crippen molar-refractivity contribution in [1.29, 1.82) is 5.26 Å². The van der Waals surface area contributed by atoms with E-state index >= 15 is 0 Å². The minimum atomic E-state index is -0.339. The second-order valence-corrected chi connectivity index (χ2v) is 4.77. The highest BCUT2D eigenvalue weighted by atomic mass is 32.2. The summed E-state index contributed by atoms with van der Waals surface area (Å²) in [6, 6.07) is 2.42. The van der Waals surface area contributed by atoms with Crippen LogP contribution in [0.5, 0.6) is 0 Å². The standard InChI is InChI=1S/C10H18N2OS/c1-2-12-10(7-11,9-3-4-9)8-14-6-5-13/h9,12-13H,2-6,8H2,1H3. The van der Waals surface area contributed by atoms with Crippen LogP contribution in [0.15, 0.2) is 0 Å². The molecule has 0 aromatic heterocycles. The molecule has 0 aromatic rings. The maximum atomic E-state index is 9.23. The van der Waals surface area contributed by atoms with Crippen LogP contribution in [0.2, 0.25) is 0 Å². The highest BCUT2D eigenvalue weighted by Crippen LogP contribution is 2.41. The van der Waals surface area contributed by atoms with Gasteiger partial charge in [-0.05, 0) is 25.3 Å². The van der Waals surface area contributed by atoms with Crippen molar-refractivity contribution in [3.05, 3.63) is 0 Å². The summed E-state index contributed by atoms with van der Waals surface area (Å²) in [4.78, 5) is 0. The van der Waals surface area contributed by atoms with Crippen molar-refractivity contribution in [1.82, 2.24) is 5.32 Å². The summed E-state index contributed by atoms with van der Waals surface area (Å²) in [5, 5.41) is 21.2. The molecule has 0 aromatic carbocycles. The van der Waals surface area contributed by atoms with Gasteiger partial charge in [-0.15, -0.1) is 0 Å². The number of aliphatic hydroxyl groups is 1. The van der Waals surface area contributed by atoms with Gasteiger partial charge < -0.3 is 5.11 Å². The third-order valence-electron chi connectivity index (χ3n) is 2.53. The SMILES string of the molecule is CCNC(C#N)(CSCCO)C1CC1. The summed E-state index contributed by atoms with van der Waals surface area (Å²) >= 11 is 1.66. The van der Waals surface area contributed by atoms with Gasteiger partial charge in [0.05, 0.1) is 12.7 Å². The largest absolute Gasteiger partial charge is 0.396 e. The topological polar surface area (TPSA) is 56.0 Å². The molecular weight excluding hydrogens is 196 g/mol. The molecule has 0 spiro atoms. The van der Waals surface area contributed by atoms with Gasteiger partial charge in [-0.1, -0.05) is 6.92 Å². The molecule has 1 rings (SSSR count). The number of aliphatic hydroxyl groups excluding tert-OH is 1. The number of hydrogen-bond donors (Lipinski definition) is 2. The lowest BCUT2D eigenvalue weighted by atomic mass is 9.98. The quantitative estimate of drug-likeness (QED) is 0.621. The zero-order valence-electron chi connectivity index (χ0n) is 8.62. The molecule has 4 heteroatoms. The predicted octanol–water partition coefficient (Wildman–Crippen LogP) is 0.994. The maximum absolute atomic E-state index is 9.23. The first-order valence-electron chi connectivity index (χ1n) is 5.14. The number of nitriles is 1. The lowest BCUT2D eigenvalue weighted by molar-refractivity contribution is 0.322. The monoisotopic (exact) mass is 214 g/mol. The van der Waals surface area contributed by atoms with Gasteiger partial charge >= 0.3 is 0 Å². The van der Waals surface area contributed by atoms with E-state index in [1.165, 1.54) is 12.8 Å². The molecule has 80 valence electrons. The van der Waals surface area contributed by atoms with Crippen molar-refractivity contribution >= 4 is 11.8 Å². The van der Waals surface area contributed by atoms with Crippen LogP contribution in [0, 0.1) is 17.2 Å². The van der Waals surface area contributed by atoms with E-state index in [9.17, 15) is 5.26 Å². The Bertz CT molecular complexity index is 213. The van der Waals surface area contributed by atoms with Crippen molar-refractivity contribution in [2.24, 2.45) is 5.92 Å². The number of nitrogens with one attached hydrogen (secondary N) is 1. The van der Waals surface area contributed by atoms with E-state index in [-0.39, 0.29) is 12.1 Å². The van der Waals surface area contributed by atoms with Crippen LogP contribution in [-0.4, -0.2) is 35.3 Å². The average molecular weight is 214 g/mol. The van der Waals surface area contributed by atoms with Gasteiger partial charge in [0, 0.05) is 11.5 Å². The van der Waals surface area contributed by atoms with Gasteiger partial charge in [-0.2, -0.15) is 17.0 Å². The molecule has 2 N–H and O–H groups in total. The molecule has 1 atom stereocenters. The van der Waals surface area contributed by atoms with Crippen LogP contribution < -0.4 is 5.32 Å². The third-order valence-corrected chi connectivity index (χ3v) is 3.66. The second kappa shape index (κ2) is 5.59. The lowest BCUT2D eigenvalue weighted by Gasteiger charge is -2.27. The van der Waals surface area contributed by atoms with E-state index in [1.54, 1.807) is 11.8 Å². The Morgan fingerprint density at radius 2 is 2.36 bits per heavy atom. The summed E-state index contributed by atoms with van der Waals surface area (Å²) in [6.45, 7) is 3.07. The van der Waals surface area contributed by atoms with Crippen LogP contribution in [-0.2, 0) is 0 Å².